The number of primary amides is 1. The summed E-state index contributed by atoms with van der Waals surface area (Å²) in [6.45, 7) is 4.85. The number of carboxylic acids is 1. The largest absolute Gasteiger partial charge is 0.480 e. The second kappa shape index (κ2) is 5.82. The van der Waals surface area contributed by atoms with Crippen LogP contribution in [-0.2, 0) is 14.8 Å². The van der Waals surface area contributed by atoms with Crippen molar-refractivity contribution in [2.45, 2.75) is 31.7 Å². The average molecular weight is 314 g/mol. The van der Waals surface area contributed by atoms with E-state index < -0.39 is 33.4 Å². The molecule has 0 fully saturated rings. The van der Waals surface area contributed by atoms with Gasteiger partial charge in [0.1, 0.15) is 6.04 Å². The number of hydrogen-bond donors (Lipinski definition) is 3. The Balaban J connectivity index is 3.11. The highest BCUT2D eigenvalue weighted by atomic mass is 32.2. The summed E-state index contributed by atoms with van der Waals surface area (Å²) in [5.41, 5.74) is 4.44. The summed E-state index contributed by atoms with van der Waals surface area (Å²) < 4.78 is 26.5. The van der Waals surface area contributed by atoms with Crippen molar-refractivity contribution < 1.29 is 23.1 Å². The lowest BCUT2D eigenvalue weighted by Gasteiger charge is -2.27. The summed E-state index contributed by atoms with van der Waals surface area (Å²) in [5.74, 6) is -1.94. The second-order valence-corrected chi connectivity index (χ2v) is 7.36. The highest BCUT2D eigenvalue weighted by molar-refractivity contribution is 7.89. The number of aliphatic carboxylic acids is 1. The Labute approximate surface area is 123 Å². The molecule has 1 unspecified atom stereocenters. The molecule has 0 heterocycles. The Bertz CT molecular complexity index is 644. The number of hydrogen-bond acceptors (Lipinski definition) is 4. The van der Waals surface area contributed by atoms with E-state index in [0.717, 1.165) is 0 Å². The lowest BCUT2D eigenvalue weighted by atomic mass is 9.88. The van der Waals surface area contributed by atoms with E-state index >= 15 is 0 Å². The minimum absolute atomic E-state index is 0.136. The van der Waals surface area contributed by atoms with Crippen molar-refractivity contribution >= 4 is 21.9 Å². The van der Waals surface area contributed by atoms with Crippen molar-refractivity contribution in [3.05, 3.63) is 29.8 Å². The summed E-state index contributed by atoms with van der Waals surface area (Å²) in [6, 6.07) is 3.65. The standard InChI is InChI=1S/C13H18N2O5S/c1-13(2,3)10(12(17)18)15-21(19,20)9-6-4-8(5-7-9)11(14)16/h4-7,10,15H,1-3H3,(H2,14,16)(H,17,18). The van der Waals surface area contributed by atoms with Crippen LogP contribution in [0, 0.1) is 5.41 Å². The highest BCUT2D eigenvalue weighted by Gasteiger charge is 2.35. The molecule has 8 heteroatoms. The van der Waals surface area contributed by atoms with Crippen LogP contribution < -0.4 is 10.5 Å². The Hall–Kier alpha value is -1.93. The topological polar surface area (TPSA) is 127 Å². The fraction of sp³-hybridized carbons (Fsp3) is 0.385. The quantitative estimate of drug-likeness (QED) is 0.732. The lowest BCUT2D eigenvalue weighted by molar-refractivity contribution is -0.141. The maximum absolute atomic E-state index is 12.2. The third-order valence-electron chi connectivity index (χ3n) is 2.84. The van der Waals surface area contributed by atoms with Gasteiger partial charge in [-0.05, 0) is 29.7 Å². The number of nitrogens with one attached hydrogen (secondary N) is 1. The monoisotopic (exact) mass is 314 g/mol. The van der Waals surface area contributed by atoms with Crippen LogP contribution in [0.25, 0.3) is 0 Å². The van der Waals surface area contributed by atoms with Crippen LogP contribution in [0.3, 0.4) is 0 Å². The van der Waals surface area contributed by atoms with Crippen molar-refractivity contribution in [2.75, 3.05) is 0 Å². The Kier molecular flexibility index (Phi) is 4.75. The molecule has 116 valence electrons. The number of carbonyl (C=O) groups excluding carboxylic acids is 1. The number of nitrogens with two attached hydrogens (primary N) is 1. The minimum atomic E-state index is -4.01. The molecule has 0 spiro atoms. The maximum atomic E-state index is 12.2. The van der Waals surface area contributed by atoms with E-state index in [1.807, 2.05) is 0 Å². The fourth-order valence-corrected chi connectivity index (χ4v) is 3.01. The van der Waals surface area contributed by atoms with Gasteiger partial charge in [0.15, 0.2) is 0 Å². The summed E-state index contributed by atoms with van der Waals surface area (Å²) in [6.07, 6.45) is 0. The van der Waals surface area contributed by atoms with E-state index in [-0.39, 0.29) is 10.5 Å². The maximum Gasteiger partial charge on any atom is 0.322 e. The molecule has 21 heavy (non-hydrogen) atoms. The zero-order chi connectivity index (χ0) is 16.4. The molecule has 4 N–H and O–H groups in total. The summed E-state index contributed by atoms with van der Waals surface area (Å²) >= 11 is 0. The molecule has 1 aromatic rings. The smallest absolute Gasteiger partial charge is 0.322 e. The van der Waals surface area contributed by atoms with Crippen LogP contribution >= 0.6 is 0 Å². The first-order valence-electron chi connectivity index (χ1n) is 6.10. The van der Waals surface area contributed by atoms with Crippen molar-refractivity contribution in [3.63, 3.8) is 0 Å². The Morgan fingerprint density at radius 2 is 1.67 bits per heavy atom. The molecule has 0 aliphatic rings. The van der Waals surface area contributed by atoms with Crippen molar-refractivity contribution in [2.24, 2.45) is 11.1 Å². The van der Waals surface area contributed by atoms with Gasteiger partial charge in [-0.3, -0.25) is 9.59 Å². The summed E-state index contributed by atoms with van der Waals surface area (Å²) in [7, 11) is -4.01. The van der Waals surface area contributed by atoms with Crippen molar-refractivity contribution in [1.82, 2.24) is 4.72 Å². The van der Waals surface area contributed by atoms with E-state index in [9.17, 15) is 18.0 Å². The normalized spacial score (nSPS) is 13.7. The third kappa shape index (κ3) is 4.27. The SMILES string of the molecule is CC(C)(C)C(NS(=O)(=O)c1ccc(C(N)=O)cc1)C(=O)O. The first-order chi connectivity index (χ1) is 9.45. The van der Waals surface area contributed by atoms with Gasteiger partial charge < -0.3 is 10.8 Å². The molecule has 7 nitrogen and oxygen atoms in total. The molecule has 0 aliphatic heterocycles. The molecule has 0 saturated heterocycles. The van der Waals surface area contributed by atoms with Gasteiger partial charge in [0.05, 0.1) is 4.90 Å². The molecule has 0 aliphatic carbocycles. The molecular weight excluding hydrogens is 296 g/mol. The van der Waals surface area contributed by atoms with Gasteiger partial charge in [-0.1, -0.05) is 20.8 Å². The number of amides is 1. The van der Waals surface area contributed by atoms with Gasteiger partial charge in [0.2, 0.25) is 15.9 Å². The van der Waals surface area contributed by atoms with E-state index in [2.05, 4.69) is 4.72 Å². The molecule has 0 radical (unpaired) electrons. The van der Waals surface area contributed by atoms with Crippen molar-refractivity contribution in [1.29, 1.82) is 0 Å². The predicted molar refractivity (Wildman–Crippen MR) is 76.2 cm³/mol. The second-order valence-electron chi connectivity index (χ2n) is 5.65. The van der Waals surface area contributed by atoms with E-state index in [0.29, 0.717) is 0 Å². The first kappa shape index (κ1) is 17.1. The van der Waals surface area contributed by atoms with Crippen LogP contribution in [0.4, 0.5) is 0 Å². The number of benzene rings is 1. The zero-order valence-corrected chi connectivity index (χ0v) is 12.8. The molecule has 1 atom stereocenters. The molecule has 1 aromatic carbocycles. The number of rotatable bonds is 5. The van der Waals surface area contributed by atoms with Gasteiger partial charge in [0.25, 0.3) is 0 Å². The average Bonchev–Trinajstić information content (AvgIpc) is 2.34. The van der Waals surface area contributed by atoms with Crippen molar-refractivity contribution in [3.8, 4) is 0 Å². The minimum Gasteiger partial charge on any atom is -0.480 e. The molecule has 0 saturated carbocycles. The van der Waals surface area contributed by atoms with Crippen LogP contribution in [-0.4, -0.2) is 31.4 Å². The van der Waals surface area contributed by atoms with E-state index in [1.165, 1.54) is 24.3 Å². The Morgan fingerprint density at radius 3 is 2.00 bits per heavy atom. The third-order valence-corrected chi connectivity index (χ3v) is 4.27. The summed E-state index contributed by atoms with van der Waals surface area (Å²) in [5, 5.41) is 9.15. The van der Waals surface area contributed by atoms with Gasteiger partial charge in [0, 0.05) is 5.56 Å². The van der Waals surface area contributed by atoms with Crippen LogP contribution in [0.15, 0.2) is 29.2 Å². The fourth-order valence-electron chi connectivity index (χ4n) is 1.62. The molecule has 1 rings (SSSR count). The van der Waals surface area contributed by atoms with E-state index in [1.54, 1.807) is 20.8 Å². The molecular formula is C13H18N2O5S. The number of carboxylic acid groups (broad SMARTS) is 1. The Morgan fingerprint density at radius 1 is 1.19 bits per heavy atom. The first-order valence-corrected chi connectivity index (χ1v) is 7.58. The predicted octanol–water partition coefficient (Wildman–Crippen LogP) is 0.563. The molecule has 0 aromatic heterocycles. The van der Waals surface area contributed by atoms with Gasteiger partial charge in [-0.2, -0.15) is 4.72 Å². The molecule has 0 bridgehead atoms. The van der Waals surface area contributed by atoms with E-state index in [4.69, 9.17) is 10.8 Å². The number of carbonyl (C=O) groups is 2. The van der Waals surface area contributed by atoms with Crippen LogP contribution in [0.5, 0.6) is 0 Å². The summed E-state index contributed by atoms with van der Waals surface area (Å²) in [4.78, 5) is 22.0. The van der Waals surface area contributed by atoms with Gasteiger partial charge in [-0.15, -0.1) is 0 Å². The lowest BCUT2D eigenvalue weighted by Crippen LogP contribution is -2.48. The van der Waals surface area contributed by atoms with Crippen LogP contribution in [0.1, 0.15) is 31.1 Å². The highest BCUT2D eigenvalue weighted by Crippen LogP contribution is 2.22. The van der Waals surface area contributed by atoms with Gasteiger partial charge in [-0.25, -0.2) is 8.42 Å². The molecule has 1 amide bonds. The zero-order valence-electron chi connectivity index (χ0n) is 12.0. The number of sulfonamides is 1. The van der Waals surface area contributed by atoms with Crippen LogP contribution in [0.2, 0.25) is 0 Å². The van der Waals surface area contributed by atoms with Gasteiger partial charge >= 0.3 is 5.97 Å².